The van der Waals surface area contributed by atoms with Crippen LogP contribution in [0.4, 0.5) is 0 Å². The third-order valence-corrected chi connectivity index (χ3v) is 5.39. The summed E-state index contributed by atoms with van der Waals surface area (Å²) < 4.78 is 10.9. The fraction of sp³-hybridized carbons (Fsp3) is 0.292. The number of carbonyl (C=O) groups excluding carboxylic acids is 1. The summed E-state index contributed by atoms with van der Waals surface area (Å²) in [6.07, 6.45) is 8.84. The quantitative estimate of drug-likeness (QED) is 0.495. The molecule has 3 aromatic rings. The van der Waals surface area contributed by atoms with Gasteiger partial charge in [-0.3, -0.25) is 20.1 Å². The SMILES string of the molecule is COc1ccc(C(CCc2ccncc2)(NCCc2cccnc2)C(N)=O)c(OC)c1. The second kappa shape index (κ2) is 10.5. The van der Waals surface area contributed by atoms with Gasteiger partial charge in [0, 0.05) is 43.0 Å². The van der Waals surface area contributed by atoms with Crippen LogP contribution in [-0.4, -0.2) is 36.6 Å². The molecule has 0 bridgehead atoms. The van der Waals surface area contributed by atoms with E-state index in [2.05, 4.69) is 15.3 Å². The van der Waals surface area contributed by atoms with Gasteiger partial charge in [0.2, 0.25) is 5.91 Å². The Balaban J connectivity index is 1.94. The van der Waals surface area contributed by atoms with Gasteiger partial charge in [-0.25, -0.2) is 0 Å². The molecule has 31 heavy (non-hydrogen) atoms. The van der Waals surface area contributed by atoms with Crippen molar-refractivity contribution < 1.29 is 14.3 Å². The van der Waals surface area contributed by atoms with Gasteiger partial charge < -0.3 is 15.2 Å². The number of aromatic nitrogens is 2. The summed E-state index contributed by atoms with van der Waals surface area (Å²) in [6.45, 7) is 0.542. The second-order valence-corrected chi connectivity index (χ2v) is 7.23. The normalized spacial score (nSPS) is 12.7. The molecular formula is C24H28N4O3. The molecule has 7 heteroatoms. The van der Waals surface area contributed by atoms with E-state index in [4.69, 9.17) is 15.2 Å². The van der Waals surface area contributed by atoms with Gasteiger partial charge in [-0.15, -0.1) is 0 Å². The third-order valence-electron chi connectivity index (χ3n) is 5.39. The maximum Gasteiger partial charge on any atom is 0.242 e. The van der Waals surface area contributed by atoms with Crippen LogP contribution in [0.3, 0.4) is 0 Å². The first-order chi connectivity index (χ1) is 15.1. The van der Waals surface area contributed by atoms with E-state index in [0.717, 1.165) is 11.1 Å². The number of ether oxygens (including phenoxy) is 2. The maximum absolute atomic E-state index is 13.0. The number of hydrogen-bond acceptors (Lipinski definition) is 6. The predicted molar refractivity (Wildman–Crippen MR) is 119 cm³/mol. The molecule has 1 aromatic carbocycles. The topological polar surface area (TPSA) is 99.4 Å². The summed E-state index contributed by atoms with van der Waals surface area (Å²) in [6, 6.07) is 13.2. The number of benzene rings is 1. The number of hydrogen-bond donors (Lipinski definition) is 2. The van der Waals surface area contributed by atoms with Gasteiger partial charge in [0.25, 0.3) is 0 Å². The standard InChI is InChI=1S/C24H28N4O3/c1-30-20-5-6-21(22(16-20)31-2)24(23(25)29,11-7-18-8-13-26-14-9-18)28-15-10-19-4-3-12-27-17-19/h3-6,8-9,12-14,16-17,28H,7,10-11,15H2,1-2H3,(H2,25,29). The molecule has 2 heterocycles. The summed E-state index contributed by atoms with van der Waals surface area (Å²) in [5, 5.41) is 3.44. The Morgan fingerprint density at radius 1 is 1.00 bits per heavy atom. The molecule has 0 spiro atoms. The smallest absolute Gasteiger partial charge is 0.242 e. The van der Waals surface area contributed by atoms with Crippen LogP contribution in [0.2, 0.25) is 0 Å². The van der Waals surface area contributed by atoms with E-state index in [-0.39, 0.29) is 0 Å². The number of carbonyl (C=O) groups is 1. The molecule has 0 aliphatic rings. The highest BCUT2D eigenvalue weighted by Gasteiger charge is 2.40. The predicted octanol–water partition coefficient (Wildman–Crippen LogP) is 2.64. The molecule has 0 aliphatic heterocycles. The van der Waals surface area contributed by atoms with E-state index in [1.807, 2.05) is 42.6 Å². The van der Waals surface area contributed by atoms with Crippen molar-refractivity contribution >= 4 is 5.91 Å². The van der Waals surface area contributed by atoms with Gasteiger partial charge in [-0.2, -0.15) is 0 Å². The lowest BCUT2D eigenvalue weighted by atomic mass is 9.82. The number of aryl methyl sites for hydroxylation is 1. The summed E-state index contributed by atoms with van der Waals surface area (Å²) in [5.41, 5.74) is 7.74. The van der Waals surface area contributed by atoms with E-state index in [1.165, 1.54) is 0 Å². The van der Waals surface area contributed by atoms with Crippen molar-refractivity contribution in [1.82, 2.24) is 15.3 Å². The minimum absolute atomic E-state index is 0.460. The van der Waals surface area contributed by atoms with Crippen LogP contribution in [0.15, 0.2) is 67.3 Å². The lowest BCUT2D eigenvalue weighted by molar-refractivity contribution is -0.125. The molecule has 0 radical (unpaired) electrons. The van der Waals surface area contributed by atoms with Gasteiger partial charge in [0.05, 0.1) is 14.2 Å². The number of pyridine rings is 2. The van der Waals surface area contributed by atoms with Crippen molar-refractivity contribution in [3.8, 4) is 11.5 Å². The first-order valence-electron chi connectivity index (χ1n) is 10.1. The van der Waals surface area contributed by atoms with Crippen molar-refractivity contribution in [3.63, 3.8) is 0 Å². The van der Waals surface area contributed by atoms with Gasteiger partial charge in [0.1, 0.15) is 17.0 Å². The molecule has 0 saturated carbocycles. The Bertz CT molecular complexity index is 983. The average molecular weight is 421 g/mol. The number of primary amides is 1. The molecule has 3 N–H and O–H groups in total. The monoisotopic (exact) mass is 420 g/mol. The first kappa shape index (κ1) is 22.2. The Kier molecular flexibility index (Phi) is 7.56. The Labute approximate surface area is 182 Å². The minimum Gasteiger partial charge on any atom is -0.497 e. The van der Waals surface area contributed by atoms with E-state index >= 15 is 0 Å². The molecule has 3 rings (SSSR count). The molecule has 0 fully saturated rings. The number of rotatable bonds is 11. The summed E-state index contributed by atoms with van der Waals surface area (Å²) in [4.78, 5) is 21.2. The summed E-state index contributed by atoms with van der Waals surface area (Å²) in [7, 11) is 3.16. The van der Waals surface area contributed by atoms with Gasteiger partial charge in [-0.1, -0.05) is 6.07 Å². The zero-order chi connectivity index (χ0) is 22.1. The number of amides is 1. The van der Waals surface area contributed by atoms with Gasteiger partial charge in [0.15, 0.2) is 0 Å². The zero-order valence-electron chi connectivity index (χ0n) is 17.9. The van der Waals surface area contributed by atoms with Crippen LogP contribution in [0.25, 0.3) is 0 Å². The molecular weight excluding hydrogens is 392 g/mol. The van der Waals surface area contributed by atoms with Crippen LogP contribution in [0.5, 0.6) is 11.5 Å². The highest BCUT2D eigenvalue weighted by molar-refractivity contribution is 5.87. The van der Waals surface area contributed by atoms with Gasteiger partial charge >= 0.3 is 0 Å². The van der Waals surface area contributed by atoms with Crippen molar-refractivity contribution in [3.05, 3.63) is 83.9 Å². The minimum atomic E-state index is -1.12. The van der Waals surface area contributed by atoms with E-state index in [9.17, 15) is 4.79 Å². The molecule has 1 unspecified atom stereocenters. The highest BCUT2D eigenvalue weighted by atomic mass is 16.5. The maximum atomic E-state index is 13.0. The molecule has 0 saturated heterocycles. The lowest BCUT2D eigenvalue weighted by Crippen LogP contribution is -2.53. The summed E-state index contributed by atoms with van der Waals surface area (Å²) in [5.74, 6) is 0.724. The molecule has 162 valence electrons. The Morgan fingerprint density at radius 2 is 1.81 bits per heavy atom. The van der Waals surface area contributed by atoms with Crippen LogP contribution in [0, 0.1) is 0 Å². The van der Waals surface area contributed by atoms with Crippen molar-refractivity contribution in [2.75, 3.05) is 20.8 Å². The summed E-state index contributed by atoms with van der Waals surface area (Å²) >= 11 is 0. The number of nitrogens with one attached hydrogen (secondary N) is 1. The highest BCUT2D eigenvalue weighted by Crippen LogP contribution is 2.36. The largest absolute Gasteiger partial charge is 0.497 e. The van der Waals surface area contributed by atoms with E-state index in [0.29, 0.717) is 42.9 Å². The van der Waals surface area contributed by atoms with Crippen molar-refractivity contribution in [2.24, 2.45) is 5.73 Å². The molecule has 1 amide bonds. The van der Waals surface area contributed by atoms with Gasteiger partial charge in [-0.05, 0) is 60.7 Å². The molecule has 7 nitrogen and oxygen atoms in total. The zero-order valence-corrected chi connectivity index (χ0v) is 17.9. The Morgan fingerprint density at radius 3 is 2.45 bits per heavy atom. The van der Waals surface area contributed by atoms with E-state index < -0.39 is 11.4 Å². The van der Waals surface area contributed by atoms with Crippen LogP contribution in [-0.2, 0) is 23.2 Å². The van der Waals surface area contributed by atoms with E-state index in [1.54, 1.807) is 38.9 Å². The van der Waals surface area contributed by atoms with Crippen LogP contribution >= 0.6 is 0 Å². The third kappa shape index (κ3) is 5.38. The lowest BCUT2D eigenvalue weighted by Gasteiger charge is -2.34. The van der Waals surface area contributed by atoms with Crippen LogP contribution in [0.1, 0.15) is 23.1 Å². The molecule has 0 aliphatic carbocycles. The number of nitrogens with zero attached hydrogens (tertiary/aromatic N) is 2. The van der Waals surface area contributed by atoms with Crippen LogP contribution < -0.4 is 20.5 Å². The number of methoxy groups -OCH3 is 2. The average Bonchev–Trinajstić information content (AvgIpc) is 2.82. The number of nitrogens with two attached hydrogens (primary N) is 1. The van der Waals surface area contributed by atoms with Crippen molar-refractivity contribution in [2.45, 2.75) is 24.8 Å². The fourth-order valence-corrected chi connectivity index (χ4v) is 3.66. The van der Waals surface area contributed by atoms with Crippen molar-refractivity contribution in [1.29, 1.82) is 0 Å². The first-order valence-corrected chi connectivity index (χ1v) is 10.1. The Hall–Kier alpha value is -3.45. The molecule has 1 atom stereocenters. The second-order valence-electron chi connectivity index (χ2n) is 7.23. The molecule has 2 aromatic heterocycles. The fourth-order valence-electron chi connectivity index (χ4n) is 3.66.